The lowest BCUT2D eigenvalue weighted by molar-refractivity contribution is -0.118. The van der Waals surface area contributed by atoms with Crippen molar-refractivity contribution in [3.63, 3.8) is 0 Å². The third-order valence-corrected chi connectivity index (χ3v) is 2.92. The van der Waals surface area contributed by atoms with Crippen LogP contribution in [-0.2, 0) is 4.79 Å². The summed E-state index contributed by atoms with van der Waals surface area (Å²) < 4.78 is 0. The molecule has 5 N–H and O–H groups in total. The van der Waals surface area contributed by atoms with Crippen molar-refractivity contribution in [3.05, 3.63) is 0 Å². The molecule has 9 nitrogen and oxygen atoms in total. The second-order valence-corrected chi connectivity index (χ2v) is 4.53. The molecule has 1 saturated heterocycles. The third-order valence-electron chi connectivity index (χ3n) is 2.92. The molecule has 0 spiro atoms. The fourth-order valence-corrected chi connectivity index (χ4v) is 1.98. The van der Waals surface area contributed by atoms with Gasteiger partial charge in [-0.1, -0.05) is 0 Å². The standard InChI is InChI=1S/C11H20N8O/c1-8(20)13-4-5-14-9-15-10(18-12)17-11(16-9)19-6-2-3-7-19/h2-7,12H2,1H3,(H,13,20)(H2,14,15,16,17,18). The number of nitrogens with two attached hydrogens (primary N) is 1. The van der Waals surface area contributed by atoms with E-state index in [9.17, 15) is 4.79 Å². The van der Waals surface area contributed by atoms with E-state index < -0.39 is 0 Å². The maximum atomic E-state index is 10.8. The lowest BCUT2D eigenvalue weighted by Crippen LogP contribution is -2.27. The van der Waals surface area contributed by atoms with E-state index in [2.05, 4.69) is 35.9 Å². The zero-order valence-electron chi connectivity index (χ0n) is 11.5. The first-order chi connectivity index (χ1) is 9.69. The highest BCUT2D eigenvalue weighted by Crippen LogP contribution is 2.18. The van der Waals surface area contributed by atoms with E-state index in [1.54, 1.807) is 0 Å². The number of hydrogen-bond donors (Lipinski definition) is 4. The average Bonchev–Trinajstić information content (AvgIpc) is 2.97. The number of hydrogen-bond acceptors (Lipinski definition) is 8. The predicted molar refractivity (Wildman–Crippen MR) is 76.3 cm³/mol. The molecule has 0 unspecified atom stereocenters. The molecular weight excluding hydrogens is 260 g/mol. The summed E-state index contributed by atoms with van der Waals surface area (Å²) in [5.74, 6) is 6.70. The smallest absolute Gasteiger partial charge is 0.243 e. The van der Waals surface area contributed by atoms with Crippen LogP contribution in [0.1, 0.15) is 19.8 Å². The van der Waals surface area contributed by atoms with E-state index in [0.717, 1.165) is 25.9 Å². The Bertz CT molecular complexity index is 460. The highest BCUT2D eigenvalue weighted by Gasteiger charge is 2.17. The molecular formula is C11H20N8O. The summed E-state index contributed by atoms with van der Waals surface area (Å²) in [5, 5.41) is 5.73. The van der Waals surface area contributed by atoms with Crippen molar-refractivity contribution in [1.29, 1.82) is 0 Å². The second kappa shape index (κ2) is 6.85. The van der Waals surface area contributed by atoms with Gasteiger partial charge in [-0.3, -0.25) is 10.2 Å². The quantitative estimate of drug-likeness (QED) is 0.307. The van der Waals surface area contributed by atoms with Crippen LogP contribution in [0.4, 0.5) is 17.8 Å². The van der Waals surface area contributed by atoms with Crippen LogP contribution in [0.25, 0.3) is 0 Å². The van der Waals surface area contributed by atoms with Gasteiger partial charge in [0.25, 0.3) is 0 Å². The number of nitrogens with zero attached hydrogens (tertiary/aromatic N) is 4. The Morgan fingerprint density at radius 3 is 2.55 bits per heavy atom. The number of rotatable bonds is 6. The van der Waals surface area contributed by atoms with E-state index in [1.165, 1.54) is 6.92 Å². The molecule has 110 valence electrons. The van der Waals surface area contributed by atoms with Gasteiger partial charge >= 0.3 is 0 Å². The molecule has 0 aliphatic carbocycles. The van der Waals surface area contributed by atoms with Gasteiger partial charge in [0.2, 0.25) is 23.8 Å². The van der Waals surface area contributed by atoms with Crippen molar-refractivity contribution < 1.29 is 4.79 Å². The van der Waals surface area contributed by atoms with Gasteiger partial charge in [-0.15, -0.1) is 0 Å². The number of nitrogens with one attached hydrogen (secondary N) is 3. The van der Waals surface area contributed by atoms with Gasteiger partial charge in [0.1, 0.15) is 0 Å². The first kappa shape index (κ1) is 14.3. The number of carbonyl (C=O) groups excluding carboxylic acids is 1. The van der Waals surface area contributed by atoms with Gasteiger partial charge in [0.05, 0.1) is 0 Å². The van der Waals surface area contributed by atoms with Crippen molar-refractivity contribution in [1.82, 2.24) is 20.3 Å². The predicted octanol–water partition coefficient (Wildman–Crippen LogP) is -0.695. The van der Waals surface area contributed by atoms with Crippen molar-refractivity contribution in [2.75, 3.05) is 41.8 Å². The van der Waals surface area contributed by atoms with Gasteiger partial charge in [0, 0.05) is 33.1 Å². The summed E-state index contributed by atoms with van der Waals surface area (Å²) in [6.45, 7) is 4.40. The molecule has 1 fully saturated rings. The minimum Gasteiger partial charge on any atom is -0.355 e. The molecule has 1 aromatic rings. The van der Waals surface area contributed by atoms with Crippen LogP contribution >= 0.6 is 0 Å². The molecule has 2 rings (SSSR count). The Hall–Kier alpha value is -2.16. The number of aromatic nitrogens is 3. The molecule has 2 heterocycles. The highest BCUT2D eigenvalue weighted by atomic mass is 16.1. The van der Waals surface area contributed by atoms with Crippen LogP contribution in [0.3, 0.4) is 0 Å². The van der Waals surface area contributed by atoms with Crippen LogP contribution in [0, 0.1) is 0 Å². The lowest BCUT2D eigenvalue weighted by atomic mass is 10.4. The van der Waals surface area contributed by atoms with Crippen LogP contribution < -0.4 is 26.8 Å². The molecule has 0 atom stereocenters. The average molecular weight is 280 g/mol. The van der Waals surface area contributed by atoms with Crippen LogP contribution in [0.2, 0.25) is 0 Å². The molecule has 1 aromatic heterocycles. The first-order valence-corrected chi connectivity index (χ1v) is 6.65. The van der Waals surface area contributed by atoms with Crippen molar-refractivity contribution in [2.45, 2.75) is 19.8 Å². The Labute approximate surface area is 117 Å². The fraction of sp³-hybridized carbons (Fsp3) is 0.636. The maximum Gasteiger partial charge on any atom is 0.243 e. The van der Waals surface area contributed by atoms with Gasteiger partial charge in [-0.05, 0) is 12.8 Å². The van der Waals surface area contributed by atoms with Crippen LogP contribution in [0.5, 0.6) is 0 Å². The monoisotopic (exact) mass is 280 g/mol. The van der Waals surface area contributed by atoms with Crippen molar-refractivity contribution in [3.8, 4) is 0 Å². The Morgan fingerprint density at radius 1 is 1.20 bits per heavy atom. The topological polar surface area (TPSA) is 121 Å². The number of amides is 1. The second-order valence-electron chi connectivity index (χ2n) is 4.53. The summed E-state index contributed by atoms with van der Waals surface area (Å²) in [5.41, 5.74) is 2.44. The Balaban J connectivity index is 1.99. The minimum atomic E-state index is -0.0653. The summed E-state index contributed by atoms with van der Waals surface area (Å²) in [7, 11) is 0. The van der Waals surface area contributed by atoms with Gasteiger partial charge in [-0.2, -0.15) is 15.0 Å². The molecule has 0 bridgehead atoms. The zero-order valence-corrected chi connectivity index (χ0v) is 11.5. The van der Waals surface area contributed by atoms with Crippen LogP contribution in [0.15, 0.2) is 0 Å². The van der Waals surface area contributed by atoms with Gasteiger partial charge in [0.15, 0.2) is 0 Å². The molecule has 1 aliphatic rings. The Kier molecular flexibility index (Phi) is 4.88. The minimum absolute atomic E-state index is 0.0653. The van der Waals surface area contributed by atoms with E-state index in [1.807, 2.05) is 0 Å². The number of anilines is 3. The van der Waals surface area contributed by atoms with Crippen LogP contribution in [-0.4, -0.2) is 47.0 Å². The number of nitrogen functional groups attached to an aromatic ring is 1. The Morgan fingerprint density at radius 2 is 1.90 bits per heavy atom. The number of hydrazine groups is 1. The summed E-state index contributed by atoms with van der Waals surface area (Å²) in [4.78, 5) is 25.6. The van der Waals surface area contributed by atoms with E-state index in [-0.39, 0.29) is 5.91 Å². The van der Waals surface area contributed by atoms with Gasteiger partial charge < -0.3 is 15.5 Å². The molecule has 0 aromatic carbocycles. The summed E-state index contributed by atoms with van der Waals surface area (Å²) in [6, 6.07) is 0. The lowest BCUT2D eigenvalue weighted by Gasteiger charge is -2.16. The molecule has 0 saturated carbocycles. The van der Waals surface area contributed by atoms with E-state index in [4.69, 9.17) is 5.84 Å². The largest absolute Gasteiger partial charge is 0.355 e. The fourth-order valence-electron chi connectivity index (χ4n) is 1.98. The molecule has 20 heavy (non-hydrogen) atoms. The first-order valence-electron chi connectivity index (χ1n) is 6.65. The normalized spacial score (nSPS) is 14.2. The summed E-state index contributed by atoms with van der Waals surface area (Å²) >= 11 is 0. The number of carbonyl (C=O) groups is 1. The molecule has 1 aliphatic heterocycles. The molecule has 1 amide bonds. The van der Waals surface area contributed by atoms with Crippen molar-refractivity contribution >= 4 is 23.8 Å². The summed E-state index contributed by atoms with van der Waals surface area (Å²) in [6.07, 6.45) is 2.28. The van der Waals surface area contributed by atoms with Gasteiger partial charge in [-0.25, -0.2) is 5.84 Å². The van der Waals surface area contributed by atoms with E-state index in [0.29, 0.717) is 30.9 Å². The third kappa shape index (κ3) is 3.92. The van der Waals surface area contributed by atoms with E-state index >= 15 is 0 Å². The van der Waals surface area contributed by atoms with Crippen molar-refractivity contribution in [2.24, 2.45) is 5.84 Å². The maximum absolute atomic E-state index is 10.8. The highest BCUT2D eigenvalue weighted by molar-refractivity contribution is 5.72. The molecule has 0 radical (unpaired) electrons. The zero-order chi connectivity index (χ0) is 14.4. The molecule has 9 heteroatoms. The SMILES string of the molecule is CC(=O)NCCNc1nc(NN)nc(N2CCCC2)n1.